The van der Waals surface area contributed by atoms with E-state index in [1.807, 2.05) is 43.3 Å². The summed E-state index contributed by atoms with van der Waals surface area (Å²) in [7, 11) is 3.96. The van der Waals surface area contributed by atoms with E-state index in [9.17, 15) is 9.59 Å². The predicted octanol–water partition coefficient (Wildman–Crippen LogP) is 2.43. The van der Waals surface area contributed by atoms with Gasteiger partial charge in [0.2, 0.25) is 11.8 Å². The van der Waals surface area contributed by atoms with Gasteiger partial charge in [0.1, 0.15) is 5.76 Å². The Bertz CT molecular complexity index is 743. The number of nitrogens with zero attached hydrogens (tertiary/aromatic N) is 2. The Morgan fingerprint density at radius 3 is 2.54 bits per heavy atom. The molecule has 2 N–H and O–H groups in total. The van der Waals surface area contributed by atoms with Gasteiger partial charge in [-0.25, -0.2) is 0 Å². The molecule has 1 aromatic carbocycles. The van der Waals surface area contributed by atoms with Gasteiger partial charge in [-0.2, -0.15) is 0 Å². The minimum absolute atomic E-state index is 0.108. The lowest BCUT2D eigenvalue weighted by atomic mass is 10.2. The minimum atomic E-state index is -0.378. The second kappa shape index (κ2) is 9.28. The van der Waals surface area contributed by atoms with Gasteiger partial charge in [-0.05, 0) is 31.5 Å². The third-order valence-electron chi connectivity index (χ3n) is 3.66. The van der Waals surface area contributed by atoms with Gasteiger partial charge < -0.3 is 20.1 Å². The topological polar surface area (TPSA) is 87.5 Å². The van der Waals surface area contributed by atoms with Crippen molar-refractivity contribution in [3.05, 3.63) is 41.7 Å². The van der Waals surface area contributed by atoms with Gasteiger partial charge in [-0.15, -0.1) is 11.8 Å². The minimum Gasteiger partial charge on any atom is -0.378 e. The molecule has 26 heavy (non-hydrogen) atoms. The molecule has 7 nitrogen and oxygen atoms in total. The number of aromatic nitrogens is 1. The van der Waals surface area contributed by atoms with Crippen LogP contribution in [0.4, 0.5) is 11.5 Å². The lowest BCUT2D eigenvalue weighted by molar-refractivity contribution is -0.118. The van der Waals surface area contributed by atoms with Crippen LogP contribution in [-0.2, 0) is 16.1 Å². The van der Waals surface area contributed by atoms with Gasteiger partial charge in [0.25, 0.3) is 0 Å². The maximum absolute atomic E-state index is 12.1. The molecule has 0 aliphatic heterocycles. The highest BCUT2D eigenvalue weighted by molar-refractivity contribution is 8.01. The van der Waals surface area contributed by atoms with E-state index in [-0.39, 0.29) is 22.8 Å². The second-order valence-corrected chi connectivity index (χ2v) is 7.43. The van der Waals surface area contributed by atoms with Crippen molar-refractivity contribution in [1.82, 2.24) is 10.5 Å². The maximum atomic E-state index is 12.1. The molecular weight excluding hydrogens is 352 g/mol. The van der Waals surface area contributed by atoms with E-state index in [2.05, 4.69) is 15.8 Å². The van der Waals surface area contributed by atoms with Crippen molar-refractivity contribution in [2.75, 3.05) is 30.1 Å². The van der Waals surface area contributed by atoms with Crippen LogP contribution in [-0.4, -0.2) is 42.1 Å². The Morgan fingerprint density at radius 2 is 1.96 bits per heavy atom. The van der Waals surface area contributed by atoms with Gasteiger partial charge in [0.15, 0.2) is 5.82 Å². The largest absolute Gasteiger partial charge is 0.378 e. The molecule has 2 rings (SSSR count). The normalized spacial score (nSPS) is 11.7. The summed E-state index contributed by atoms with van der Waals surface area (Å²) < 4.78 is 4.90. The standard InChI is InChI=1S/C18H24N4O3S/c1-12-9-16(21-25-12)20-18(24)13(2)26-11-17(23)19-10-14-5-7-15(8-6-14)22(3)4/h5-9,13H,10-11H2,1-4H3,(H,19,23)(H,20,21,24)/t13-/m1/s1. The predicted molar refractivity (Wildman–Crippen MR) is 104 cm³/mol. The van der Waals surface area contributed by atoms with Crippen molar-refractivity contribution in [1.29, 1.82) is 0 Å². The molecule has 0 saturated heterocycles. The van der Waals surface area contributed by atoms with Crippen molar-refractivity contribution < 1.29 is 14.1 Å². The molecule has 1 aromatic heterocycles. The molecule has 0 fully saturated rings. The molecule has 140 valence electrons. The van der Waals surface area contributed by atoms with Gasteiger partial charge in [-0.1, -0.05) is 17.3 Å². The van der Waals surface area contributed by atoms with Crippen LogP contribution in [0.1, 0.15) is 18.2 Å². The summed E-state index contributed by atoms with van der Waals surface area (Å²) >= 11 is 1.27. The Labute approximate surface area is 157 Å². The van der Waals surface area contributed by atoms with Crippen molar-refractivity contribution >= 4 is 35.1 Å². The number of amides is 2. The first-order chi connectivity index (χ1) is 12.3. The summed E-state index contributed by atoms with van der Waals surface area (Å²) in [6.45, 7) is 3.96. The second-order valence-electron chi connectivity index (χ2n) is 6.10. The first-order valence-electron chi connectivity index (χ1n) is 8.24. The van der Waals surface area contributed by atoms with Crippen LogP contribution < -0.4 is 15.5 Å². The summed E-state index contributed by atoms with van der Waals surface area (Å²) in [4.78, 5) is 26.1. The van der Waals surface area contributed by atoms with E-state index in [1.165, 1.54) is 11.8 Å². The Kier molecular flexibility index (Phi) is 7.08. The van der Waals surface area contributed by atoms with E-state index in [0.717, 1.165) is 11.3 Å². The Hall–Kier alpha value is -2.48. The van der Waals surface area contributed by atoms with E-state index in [0.29, 0.717) is 18.1 Å². The molecule has 0 saturated carbocycles. The number of hydrogen-bond acceptors (Lipinski definition) is 6. The first kappa shape index (κ1) is 19.8. The number of rotatable bonds is 8. The number of carbonyl (C=O) groups excluding carboxylic acids is 2. The molecule has 0 unspecified atom stereocenters. The molecule has 0 aliphatic rings. The number of thioether (sulfide) groups is 1. The number of aryl methyl sites for hydroxylation is 1. The van der Waals surface area contributed by atoms with E-state index in [4.69, 9.17) is 4.52 Å². The van der Waals surface area contributed by atoms with Crippen molar-refractivity contribution in [3.8, 4) is 0 Å². The highest BCUT2D eigenvalue weighted by Crippen LogP contribution is 2.15. The van der Waals surface area contributed by atoms with Crippen LogP contribution in [0.5, 0.6) is 0 Å². The number of anilines is 2. The fourth-order valence-corrected chi connectivity index (χ4v) is 2.81. The van der Waals surface area contributed by atoms with E-state index in [1.54, 1.807) is 19.9 Å². The van der Waals surface area contributed by atoms with Gasteiger partial charge in [0, 0.05) is 32.4 Å². The molecule has 0 spiro atoms. The summed E-state index contributed by atoms with van der Waals surface area (Å²) in [6, 6.07) is 9.63. The smallest absolute Gasteiger partial charge is 0.238 e. The van der Waals surface area contributed by atoms with Gasteiger partial charge in [0.05, 0.1) is 11.0 Å². The third kappa shape index (κ3) is 6.11. The lowest BCUT2D eigenvalue weighted by Crippen LogP contribution is -2.28. The van der Waals surface area contributed by atoms with Crippen molar-refractivity contribution in [3.63, 3.8) is 0 Å². The van der Waals surface area contributed by atoms with Crippen molar-refractivity contribution in [2.45, 2.75) is 25.6 Å². The average Bonchev–Trinajstić information content (AvgIpc) is 3.02. The Balaban J connectivity index is 1.71. The first-order valence-corrected chi connectivity index (χ1v) is 9.29. The van der Waals surface area contributed by atoms with Crippen LogP contribution in [0.3, 0.4) is 0 Å². The van der Waals surface area contributed by atoms with Crippen LogP contribution in [0.25, 0.3) is 0 Å². The van der Waals surface area contributed by atoms with Crippen LogP contribution in [0.2, 0.25) is 0 Å². The molecular formula is C18H24N4O3S. The van der Waals surface area contributed by atoms with Crippen LogP contribution >= 0.6 is 11.8 Å². The lowest BCUT2D eigenvalue weighted by Gasteiger charge is -2.13. The summed E-state index contributed by atoms with van der Waals surface area (Å²) in [6.07, 6.45) is 0. The zero-order chi connectivity index (χ0) is 19.1. The van der Waals surface area contributed by atoms with Gasteiger partial charge >= 0.3 is 0 Å². The SMILES string of the molecule is Cc1cc(NC(=O)[C@@H](C)SCC(=O)NCc2ccc(N(C)C)cc2)no1. The molecule has 8 heteroatoms. The fourth-order valence-electron chi connectivity index (χ4n) is 2.09. The maximum Gasteiger partial charge on any atom is 0.238 e. The molecule has 0 bridgehead atoms. The number of nitrogens with one attached hydrogen (secondary N) is 2. The number of carbonyl (C=O) groups is 2. The van der Waals surface area contributed by atoms with Crippen LogP contribution in [0, 0.1) is 6.92 Å². The Morgan fingerprint density at radius 1 is 1.27 bits per heavy atom. The van der Waals surface area contributed by atoms with Gasteiger partial charge in [-0.3, -0.25) is 9.59 Å². The monoisotopic (exact) mass is 376 g/mol. The van der Waals surface area contributed by atoms with Crippen molar-refractivity contribution in [2.24, 2.45) is 0 Å². The molecule has 2 aromatic rings. The highest BCUT2D eigenvalue weighted by atomic mass is 32.2. The fraction of sp³-hybridized carbons (Fsp3) is 0.389. The highest BCUT2D eigenvalue weighted by Gasteiger charge is 2.16. The molecule has 0 aliphatic carbocycles. The summed E-state index contributed by atoms with van der Waals surface area (Å²) in [5, 5.41) is 8.86. The summed E-state index contributed by atoms with van der Waals surface area (Å²) in [5.74, 6) is 0.894. The number of hydrogen-bond donors (Lipinski definition) is 2. The number of benzene rings is 1. The zero-order valence-corrected chi connectivity index (χ0v) is 16.2. The quantitative estimate of drug-likeness (QED) is 0.736. The molecule has 1 atom stereocenters. The molecule has 2 amide bonds. The van der Waals surface area contributed by atoms with E-state index < -0.39 is 0 Å². The van der Waals surface area contributed by atoms with E-state index >= 15 is 0 Å². The third-order valence-corrected chi connectivity index (χ3v) is 4.80. The molecule has 0 radical (unpaired) electrons. The summed E-state index contributed by atoms with van der Waals surface area (Å²) in [5.41, 5.74) is 2.14. The molecule has 1 heterocycles. The zero-order valence-electron chi connectivity index (χ0n) is 15.4. The van der Waals surface area contributed by atoms with Crippen LogP contribution in [0.15, 0.2) is 34.9 Å². The average molecular weight is 376 g/mol.